The van der Waals surface area contributed by atoms with Crippen LogP contribution in [0.1, 0.15) is 11.1 Å². The van der Waals surface area contributed by atoms with E-state index in [4.69, 9.17) is 0 Å². The Kier molecular flexibility index (Phi) is 3.80. The zero-order valence-corrected chi connectivity index (χ0v) is 8.88. The molecule has 0 saturated heterocycles. The topological polar surface area (TPSA) is 3.24 Å². The highest BCUT2D eigenvalue weighted by atomic mass is 19.4. The summed E-state index contributed by atoms with van der Waals surface area (Å²) in [6.45, 7) is -2.44. The second kappa shape index (κ2) is 4.70. The maximum Gasteiger partial charge on any atom is 0.492 e. The van der Waals surface area contributed by atoms with Crippen LogP contribution in [0.4, 0.5) is 12.9 Å². The first kappa shape index (κ1) is 12.1. The van der Waals surface area contributed by atoms with Crippen molar-refractivity contribution < 1.29 is 12.9 Å². The molecule has 1 nitrogen and oxygen atoms in total. The van der Waals surface area contributed by atoms with E-state index < -0.39 is 13.4 Å². The van der Waals surface area contributed by atoms with Gasteiger partial charge in [0.05, 0.1) is 0 Å². The number of hydrogen-bond donors (Lipinski definition) is 0. The molecule has 0 fully saturated rings. The SMILES string of the molecule is Cc1ccc(CN(C)C[B-](F)(F)F)cc1. The van der Waals surface area contributed by atoms with E-state index in [1.807, 2.05) is 31.2 Å². The van der Waals surface area contributed by atoms with Gasteiger partial charge in [0.1, 0.15) is 0 Å². The summed E-state index contributed by atoms with van der Waals surface area (Å²) in [4.78, 5) is 1.28. The minimum Gasteiger partial charge on any atom is -0.448 e. The van der Waals surface area contributed by atoms with E-state index in [9.17, 15) is 12.9 Å². The molecule has 15 heavy (non-hydrogen) atoms. The van der Waals surface area contributed by atoms with Gasteiger partial charge in [0.2, 0.25) is 0 Å². The van der Waals surface area contributed by atoms with Gasteiger partial charge in [0.25, 0.3) is 0 Å². The smallest absolute Gasteiger partial charge is 0.448 e. The summed E-state index contributed by atoms with van der Waals surface area (Å²) in [7, 11) is 1.48. The van der Waals surface area contributed by atoms with Gasteiger partial charge in [-0.05, 0) is 26.0 Å². The van der Waals surface area contributed by atoms with E-state index >= 15 is 0 Å². The molecule has 0 aliphatic heterocycles. The van der Waals surface area contributed by atoms with Gasteiger partial charge >= 0.3 is 6.98 Å². The predicted molar refractivity (Wildman–Crippen MR) is 56.6 cm³/mol. The molecule has 0 aliphatic rings. The molecule has 0 aromatic heterocycles. The molecule has 1 rings (SSSR count). The van der Waals surface area contributed by atoms with E-state index in [0.29, 0.717) is 6.54 Å². The molecule has 0 unspecified atom stereocenters. The summed E-state index contributed by atoms with van der Waals surface area (Å²) in [5.74, 6) is 0. The normalized spacial score (nSPS) is 12.1. The van der Waals surface area contributed by atoms with Crippen LogP contribution in [0.5, 0.6) is 0 Å². The van der Waals surface area contributed by atoms with Crippen LogP contribution in [0.3, 0.4) is 0 Å². The van der Waals surface area contributed by atoms with E-state index in [1.165, 1.54) is 11.9 Å². The third-order valence-electron chi connectivity index (χ3n) is 2.09. The molecular formula is C10H14BF3N-. The lowest BCUT2D eigenvalue weighted by Crippen LogP contribution is -2.34. The molecule has 0 saturated carbocycles. The third-order valence-corrected chi connectivity index (χ3v) is 2.09. The van der Waals surface area contributed by atoms with E-state index in [0.717, 1.165) is 11.1 Å². The van der Waals surface area contributed by atoms with Crippen molar-refractivity contribution in [2.45, 2.75) is 13.5 Å². The fourth-order valence-electron chi connectivity index (χ4n) is 1.42. The van der Waals surface area contributed by atoms with Crippen molar-refractivity contribution in [3.8, 4) is 0 Å². The summed E-state index contributed by atoms with van der Waals surface area (Å²) in [5.41, 5.74) is 2.02. The number of halogens is 3. The summed E-state index contributed by atoms with van der Waals surface area (Å²) in [6, 6.07) is 7.52. The van der Waals surface area contributed by atoms with Crippen LogP contribution in [0.15, 0.2) is 24.3 Å². The lowest BCUT2D eigenvalue weighted by atomic mass is 9.91. The summed E-state index contributed by atoms with van der Waals surface area (Å²) < 4.78 is 36.3. The predicted octanol–water partition coefficient (Wildman–Crippen LogP) is 2.81. The highest BCUT2D eigenvalue weighted by Crippen LogP contribution is 2.12. The fraction of sp³-hybridized carbons (Fsp3) is 0.400. The number of rotatable bonds is 4. The molecular weight excluding hydrogens is 202 g/mol. The molecule has 0 heterocycles. The number of hydrogen-bond acceptors (Lipinski definition) is 1. The number of nitrogens with zero attached hydrogens (tertiary/aromatic N) is 1. The van der Waals surface area contributed by atoms with Crippen LogP contribution in [0, 0.1) is 6.92 Å². The lowest BCUT2D eigenvalue weighted by molar-refractivity contribution is 0.322. The fourth-order valence-corrected chi connectivity index (χ4v) is 1.42. The molecule has 1 aromatic rings. The van der Waals surface area contributed by atoms with Crippen LogP contribution < -0.4 is 0 Å². The first-order valence-corrected chi connectivity index (χ1v) is 4.82. The van der Waals surface area contributed by atoms with Gasteiger partial charge in [-0.15, -0.1) is 0 Å². The maximum atomic E-state index is 12.1. The summed E-state index contributed by atoms with van der Waals surface area (Å²) >= 11 is 0. The van der Waals surface area contributed by atoms with Crippen LogP contribution in [-0.2, 0) is 6.54 Å². The average molecular weight is 216 g/mol. The van der Waals surface area contributed by atoms with Crippen molar-refractivity contribution in [1.29, 1.82) is 0 Å². The highest BCUT2D eigenvalue weighted by molar-refractivity contribution is 6.58. The maximum absolute atomic E-state index is 12.1. The Labute approximate surface area is 88.0 Å². The molecule has 0 radical (unpaired) electrons. The molecule has 0 aliphatic carbocycles. The molecule has 0 spiro atoms. The second-order valence-corrected chi connectivity index (χ2v) is 3.89. The van der Waals surface area contributed by atoms with Crippen LogP contribution in [0.25, 0.3) is 0 Å². The minimum atomic E-state index is -4.73. The van der Waals surface area contributed by atoms with Gasteiger partial charge in [0.15, 0.2) is 0 Å². The summed E-state index contributed by atoms with van der Waals surface area (Å²) in [6.07, 6.45) is -0.812. The molecule has 0 N–H and O–H groups in total. The quantitative estimate of drug-likeness (QED) is 0.699. The van der Waals surface area contributed by atoms with Gasteiger partial charge in [-0.2, -0.15) is 0 Å². The van der Waals surface area contributed by atoms with Crippen LogP contribution >= 0.6 is 0 Å². The Morgan fingerprint density at radius 3 is 2.13 bits per heavy atom. The Morgan fingerprint density at radius 2 is 1.67 bits per heavy atom. The zero-order valence-electron chi connectivity index (χ0n) is 8.88. The standard InChI is InChI=1S/C10H14BF3N/c1-9-3-5-10(6-4-9)7-15(2)8-11(12,13)14/h3-6H,7-8H2,1-2H3/q-1. The zero-order chi connectivity index (χ0) is 11.5. The first-order valence-electron chi connectivity index (χ1n) is 4.82. The molecule has 5 heteroatoms. The monoisotopic (exact) mass is 216 g/mol. The van der Waals surface area contributed by atoms with Crippen molar-refractivity contribution in [2.24, 2.45) is 0 Å². The van der Waals surface area contributed by atoms with E-state index in [-0.39, 0.29) is 0 Å². The Hall–Kier alpha value is -0.965. The molecule has 0 atom stereocenters. The van der Waals surface area contributed by atoms with E-state index in [1.54, 1.807) is 0 Å². The van der Waals surface area contributed by atoms with Gasteiger partial charge in [-0.25, -0.2) is 0 Å². The van der Waals surface area contributed by atoms with Gasteiger partial charge in [-0.3, -0.25) is 0 Å². The highest BCUT2D eigenvalue weighted by Gasteiger charge is 2.24. The molecule has 0 amide bonds. The van der Waals surface area contributed by atoms with Crippen LogP contribution in [0.2, 0.25) is 0 Å². The average Bonchev–Trinajstić information content (AvgIpc) is 2.05. The Morgan fingerprint density at radius 1 is 1.13 bits per heavy atom. The van der Waals surface area contributed by atoms with Crippen molar-refractivity contribution >= 4 is 6.98 Å². The van der Waals surface area contributed by atoms with Crippen molar-refractivity contribution in [1.82, 2.24) is 4.90 Å². The second-order valence-electron chi connectivity index (χ2n) is 3.89. The Bertz CT molecular complexity index is 307. The van der Waals surface area contributed by atoms with Gasteiger partial charge < -0.3 is 17.8 Å². The van der Waals surface area contributed by atoms with Crippen molar-refractivity contribution in [3.63, 3.8) is 0 Å². The van der Waals surface area contributed by atoms with Crippen LogP contribution in [-0.4, -0.2) is 25.4 Å². The molecule has 0 bridgehead atoms. The molecule has 1 aromatic carbocycles. The lowest BCUT2D eigenvalue weighted by Gasteiger charge is -2.23. The third kappa shape index (κ3) is 4.88. The molecule has 84 valence electrons. The van der Waals surface area contributed by atoms with Crippen molar-refractivity contribution in [2.75, 3.05) is 13.5 Å². The Balaban J connectivity index is 2.51. The largest absolute Gasteiger partial charge is 0.492 e. The minimum absolute atomic E-state index is 0.335. The summed E-state index contributed by atoms with van der Waals surface area (Å²) in [5, 5.41) is 0. The van der Waals surface area contributed by atoms with Crippen molar-refractivity contribution in [3.05, 3.63) is 35.4 Å². The van der Waals surface area contributed by atoms with Gasteiger partial charge in [-0.1, -0.05) is 29.8 Å². The number of benzene rings is 1. The van der Waals surface area contributed by atoms with Gasteiger partial charge in [0, 0.05) is 6.54 Å². The first-order chi connectivity index (χ1) is 6.87. The number of aryl methyl sites for hydroxylation is 1. The van der Waals surface area contributed by atoms with E-state index in [2.05, 4.69) is 0 Å².